The zero-order valence-corrected chi connectivity index (χ0v) is 10.4. The van der Waals surface area contributed by atoms with Crippen molar-refractivity contribution < 1.29 is 0 Å². The van der Waals surface area contributed by atoms with Crippen molar-refractivity contribution in [3.63, 3.8) is 0 Å². The predicted octanol–water partition coefficient (Wildman–Crippen LogP) is 3.75. The first kappa shape index (κ1) is 12.5. The van der Waals surface area contributed by atoms with E-state index in [0.29, 0.717) is 12.5 Å². The highest BCUT2D eigenvalue weighted by molar-refractivity contribution is 7.16. The maximum atomic E-state index is 8.37. The summed E-state index contributed by atoms with van der Waals surface area (Å²) in [6.07, 6.45) is 2.68. The zero-order chi connectivity index (χ0) is 11.1. The molecule has 0 aromatic carbocycles. The van der Waals surface area contributed by atoms with Gasteiger partial charge in [0.15, 0.2) is 0 Å². The Labute approximate surface area is 99.9 Å². The summed E-state index contributed by atoms with van der Waals surface area (Å²) < 4.78 is 0.836. The molecule has 0 aliphatic rings. The molecule has 0 saturated carbocycles. The van der Waals surface area contributed by atoms with Crippen LogP contribution in [0.5, 0.6) is 0 Å². The second-order valence-electron chi connectivity index (χ2n) is 3.43. The van der Waals surface area contributed by atoms with Crippen LogP contribution in [0.15, 0.2) is 12.1 Å². The Balaban J connectivity index is 2.19. The van der Waals surface area contributed by atoms with Crippen LogP contribution in [-0.2, 0) is 0 Å². The van der Waals surface area contributed by atoms with Crippen LogP contribution in [0, 0.1) is 11.3 Å². The van der Waals surface area contributed by atoms with Gasteiger partial charge in [0.05, 0.1) is 10.4 Å². The summed E-state index contributed by atoms with van der Waals surface area (Å²) in [7, 11) is 0. The van der Waals surface area contributed by atoms with E-state index in [1.54, 1.807) is 11.3 Å². The van der Waals surface area contributed by atoms with Crippen molar-refractivity contribution in [1.82, 2.24) is 5.32 Å². The summed E-state index contributed by atoms with van der Waals surface area (Å²) in [4.78, 5) is 1.26. The van der Waals surface area contributed by atoms with Gasteiger partial charge in [-0.05, 0) is 38.4 Å². The van der Waals surface area contributed by atoms with Crippen molar-refractivity contribution in [2.75, 3.05) is 6.54 Å². The molecular formula is C11H15ClN2S. The SMILES string of the molecule is CC(NCCCCC#N)c1ccc(Cl)s1. The van der Waals surface area contributed by atoms with Gasteiger partial charge >= 0.3 is 0 Å². The molecule has 0 bridgehead atoms. The average Bonchev–Trinajstić information content (AvgIpc) is 2.64. The largest absolute Gasteiger partial charge is 0.309 e. The summed E-state index contributed by atoms with van der Waals surface area (Å²) in [5.74, 6) is 0. The molecule has 4 heteroatoms. The van der Waals surface area contributed by atoms with E-state index in [1.807, 2.05) is 6.07 Å². The second kappa shape index (κ2) is 6.84. The fourth-order valence-corrected chi connectivity index (χ4v) is 2.40. The Bertz CT molecular complexity index is 330. The van der Waals surface area contributed by atoms with Gasteiger partial charge in [0.1, 0.15) is 0 Å². The lowest BCUT2D eigenvalue weighted by atomic mass is 10.2. The van der Waals surface area contributed by atoms with Crippen molar-refractivity contribution >= 4 is 22.9 Å². The maximum absolute atomic E-state index is 8.37. The van der Waals surface area contributed by atoms with Crippen LogP contribution in [0.3, 0.4) is 0 Å². The molecule has 0 aliphatic carbocycles. The molecule has 1 N–H and O–H groups in total. The number of unbranched alkanes of at least 4 members (excludes halogenated alkanes) is 2. The van der Waals surface area contributed by atoms with Gasteiger partial charge in [-0.1, -0.05) is 11.6 Å². The number of nitriles is 1. The van der Waals surface area contributed by atoms with Crippen molar-refractivity contribution in [2.45, 2.75) is 32.2 Å². The summed E-state index contributed by atoms with van der Waals surface area (Å²) in [6, 6.07) is 6.48. The molecule has 0 spiro atoms. The maximum Gasteiger partial charge on any atom is 0.0931 e. The highest BCUT2D eigenvalue weighted by Gasteiger charge is 2.06. The number of halogens is 1. The number of thiophene rings is 1. The van der Waals surface area contributed by atoms with Crippen LogP contribution in [0.2, 0.25) is 4.34 Å². The third-order valence-corrected chi connectivity index (χ3v) is 3.60. The van der Waals surface area contributed by atoms with E-state index in [9.17, 15) is 0 Å². The molecule has 15 heavy (non-hydrogen) atoms. The highest BCUT2D eigenvalue weighted by atomic mass is 35.5. The van der Waals surface area contributed by atoms with Crippen LogP contribution in [0.4, 0.5) is 0 Å². The average molecular weight is 243 g/mol. The van der Waals surface area contributed by atoms with Gasteiger partial charge in [0.25, 0.3) is 0 Å². The molecule has 0 fully saturated rings. The van der Waals surface area contributed by atoms with Crippen molar-refractivity contribution in [2.24, 2.45) is 0 Å². The molecule has 1 atom stereocenters. The van der Waals surface area contributed by atoms with E-state index in [-0.39, 0.29) is 0 Å². The Kier molecular flexibility index (Phi) is 5.70. The zero-order valence-electron chi connectivity index (χ0n) is 8.79. The van der Waals surface area contributed by atoms with Gasteiger partial charge in [-0.3, -0.25) is 0 Å². The van der Waals surface area contributed by atoms with E-state index in [1.165, 1.54) is 4.88 Å². The molecule has 1 aromatic heterocycles. The second-order valence-corrected chi connectivity index (χ2v) is 5.18. The van der Waals surface area contributed by atoms with Gasteiger partial charge in [0, 0.05) is 17.3 Å². The minimum Gasteiger partial charge on any atom is -0.309 e. The van der Waals surface area contributed by atoms with Crippen LogP contribution in [-0.4, -0.2) is 6.54 Å². The van der Waals surface area contributed by atoms with E-state index in [0.717, 1.165) is 23.7 Å². The molecular weight excluding hydrogens is 228 g/mol. The molecule has 0 aliphatic heterocycles. The lowest BCUT2D eigenvalue weighted by Crippen LogP contribution is -2.18. The molecule has 1 unspecified atom stereocenters. The topological polar surface area (TPSA) is 35.8 Å². The summed E-state index contributed by atoms with van der Waals surface area (Å²) in [5.41, 5.74) is 0. The Morgan fingerprint density at radius 3 is 2.93 bits per heavy atom. The highest BCUT2D eigenvalue weighted by Crippen LogP contribution is 2.26. The van der Waals surface area contributed by atoms with Gasteiger partial charge < -0.3 is 5.32 Å². The van der Waals surface area contributed by atoms with Crippen molar-refractivity contribution in [3.8, 4) is 6.07 Å². The van der Waals surface area contributed by atoms with Gasteiger partial charge in [-0.15, -0.1) is 11.3 Å². The van der Waals surface area contributed by atoms with E-state index >= 15 is 0 Å². The third-order valence-electron chi connectivity index (χ3n) is 2.19. The lowest BCUT2D eigenvalue weighted by Gasteiger charge is -2.11. The van der Waals surface area contributed by atoms with Gasteiger partial charge in [0.2, 0.25) is 0 Å². The molecule has 0 amide bonds. The van der Waals surface area contributed by atoms with Gasteiger partial charge in [-0.2, -0.15) is 5.26 Å². The third kappa shape index (κ3) is 4.65. The standard InChI is InChI=1S/C11H15ClN2S/c1-9(10-5-6-11(12)15-10)14-8-4-2-3-7-13/h5-6,9,14H,2-4,8H2,1H3. The van der Waals surface area contributed by atoms with Crippen LogP contribution < -0.4 is 5.32 Å². The van der Waals surface area contributed by atoms with Crippen LogP contribution in [0.1, 0.15) is 37.1 Å². The molecule has 2 nitrogen and oxygen atoms in total. The monoisotopic (exact) mass is 242 g/mol. The molecule has 0 saturated heterocycles. The normalized spacial score (nSPS) is 12.3. The molecule has 0 radical (unpaired) electrons. The summed E-state index contributed by atoms with van der Waals surface area (Å²) in [5, 5.41) is 11.8. The molecule has 82 valence electrons. The van der Waals surface area contributed by atoms with Gasteiger partial charge in [-0.25, -0.2) is 0 Å². The minimum atomic E-state index is 0.351. The number of nitrogens with one attached hydrogen (secondary N) is 1. The first-order chi connectivity index (χ1) is 7.24. The smallest absolute Gasteiger partial charge is 0.0931 e. The van der Waals surface area contributed by atoms with Crippen molar-refractivity contribution in [1.29, 1.82) is 5.26 Å². The minimum absolute atomic E-state index is 0.351. The number of hydrogen-bond donors (Lipinski definition) is 1. The van der Waals surface area contributed by atoms with E-state index in [4.69, 9.17) is 16.9 Å². The Morgan fingerprint density at radius 1 is 1.53 bits per heavy atom. The van der Waals surface area contributed by atoms with Crippen molar-refractivity contribution in [3.05, 3.63) is 21.3 Å². The quantitative estimate of drug-likeness (QED) is 0.772. The van der Waals surface area contributed by atoms with Crippen LogP contribution >= 0.6 is 22.9 Å². The molecule has 1 rings (SSSR count). The van der Waals surface area contributed by atoms with Crippen LogP contribution in [0.25, 0.3) is 0 Å². The molecule has 1 aromatic rings. The first-order valence-corrected chi connectivity index (χ1v) is 6.29. The fourth-order valence-electron chi connectivity index (χ4n) is 1.31. The first-order valence-electron chi connectivity index (χ1n) is 5.09. The lowest BCUT2D eigenvalue weighted by molar-refractivity contribution is 0.555. The summed E-state index contributed by atoms with van der Waals surface area (Å²) >= 11 is 7.48. The summed E-state index contributed by atoms with van der Waals surface area (Å²) in [6.45, 7) is 3.09. The Hall–Kier alpha value is -0.560. The van der Waals surface area contributed by atoms with E-state index < -0.39 is 0 Å². The molecule has 1 heterocycles. The number of rotatable bonds is 6. The number of hydrogen-bond acceptors (Lipinski definition) is 3. The number of nitrogens with zero attached hydrogens (tertiary/aromatic N) is 1. The van der Waals surface area contributed by atoms with E-state index in [2.05, 4.69) is 24.4 Å². The fraction of sp³-hybridized carbons (Fsp3) is 0.545. The Morgan fingerprint density at radius 2 is 2.33 bits per heavy atom. The predicted molar refractivity (Wildman–Crippen MR) is 65.2 cm³/mol.